The van der Waals surface area contributed by atoms with Crippen molar-refractivity contribution in [2.24, 2.45) is 0 Å². The van der Waals surface area contributed by atoms with Crippen LogP contribution >= 0.6 is 0 Å². The molecular weight excluding hydrogens is 1250 g/mol. The van der Waals surface area contributed by atoms with Crippen LogP contribution in [0, 0.1) is 0 Å². The molecule has 0 aliphatic rings. The summed E-state index contributed by atoms with van der Waals surface area (Å²) < 4.78 is 22.9. The number of carboxylic acids is 1. The average Bonchev–Trinajstić information content (AvgIpc) is 1.25. The number of hydrogen-bond acceptors (Lipinski definition) is 8. The molecule has 0 aliphatic heterocycles. The highest BCUT2D eigenvalue weighted by Crippen LogP contribution is 2.20. The Morgan fingerprint density at radius 1 is 0.307 bits per heavy atom. The highest BCUT2D eigenvalue weighted by molar-refractivity contribution is 5.70. The van der Waals surface area contributed by atoms with Gasteiger partial charge >= 0.3 is 11.9 Å². The number of esters is 2. The van der Waals surface area contributed by atoms with Gasteiger partial charge in [-0.1, -0.05) is 412 Å². The van der Waals surface area contributed by atoms with Crippen molar-refractivity contribution in [2.75, 3.05) is 47.5 Å². The molecule has 0 radical (unpaired) electrons. The van der Waals surface area contributed by atoms with Crippen molar-refractivity contribution >= 4 is 17.9 Å². The summed E-state index contributed by atoms with van der Waals surface area (Å²) in [6.07, 6.45) is 112. The lowest BCUT2D eigenvalue weighted by Crippen LogP contribution is -2.44. The predicted molar refractivity (Wildman–Crippen MR) is 435 cm³/mol. The van der Waals surface area contributed by atoms with Gasteiger partial charge in [-0.25, -0.2) is 0 Å². The molecule has 2 atom stereocenters. The monoisotopic (exact) mass is 1410 g/mol. The highest BCUT2D eigenvalue weighted by atomic mass is 16.7. The number of quaternary nitrogens is 1. The quantitative estimate of drug-likeness (QED) is 0.0195. The summed E-state index contributed by atoms with van der Waals surface area (Å²) in [6, 6.07) is 0. The van der Waals surface area contributed by atoms with Gasteiger partial charge in [0, 0.05) is 12.8 Å². The Bertz CT molecular complexity index is 2040. The number of hydrogen-bond donors (Lipinski definition) is 0. The topological polar surface area (TPSA) is 111 Å². The minimum Gasteiger partial charge on any atom is -0.545 e. The van der Waals surface area contributed by atoms with Gasteiger partial charge in [0.1, 0.15) is 13.2 Å². The third-order valence-corrected chi connectivity index (χ3v) is 19.0. The Balaban J connectivity index is 4.00. The number of nitrogens with zero attached hydrogens (tertiary/aromatic N) is 1. The van der Waals surface area contributed by atoms with Gasteiger partial charge in [-0.15, -0.1) is 0 Å². The lowest BCUT2D eigenvalue weighted by atomic mass is 10.0. The van der Waals surface area contributed by atoms with E-state index in [0.29, 0.717) is 17.4 Å². The first kappa shape index (κ1) is 97.0. The molecule has 9 heteroatoms. The molecule has 0 saturated heterocycles. The van der Waals surface area contributed by atoms with Crippen molar-refractivity contribution in [2.45, 2.75) is 411 Å². The lowest BCUT2D eigenvalue weighted by molar-refractivity contribution is -0.870. The molecule has 9 nitrogen and oxygen atoms in total. The Hall–Kier alpha value is -4.05. The molecule has 0 heterocycles. The Morgan fingerprint density at radius 2 is 0.564 bits per heavy atom. The molecule has 584 valence electrons. The Labute approximate surface area is 625 Å². The molecule has 0 aromatic heterocycles. The van der Waals surface area contributed by atoms with Crippen molar-refractivity contribution in [3.63, 3.8) is 0 Å². The van der Waals surface area contributed by atoms with Gasteiger partial charge in [-0.3, -0.25) is 9.59 Å². The number of unbranched alkanes of at least 4 members (excludes halogenated alkanes) is 47. The fourth-order valence-electron chi connectivity index (χ4n) is 12.5. The molecule has 0 amide bonds. The number of rotatable bonds is 80. The van der Waals surface area contributed by atoms with E-state index >= 15 is 0 Å². The van der Waals surface area contributed by atoms with Gasteiger partial charge in [0.05, 0.1) is 40.3 Å². The molecule has 0 aromatic carbocycles. The summed E-state index contributed by atoms with van der Waals surface area (Å²) in [6.45, 7) is 4.67. The van der Waals surface area contributed by atoms with Crippen molar-refractivity contribution < 1.29 is 42.9 Å². The van der Waals surface area contributed by atoms with Crippen LogP contribution in [-0.4, -0.2) is 82.3 Å². The summed E-state index contributed by atoms with van der Waals surface area (Å²) in [5.41, 5.74) is 0. The van der Waals surface area contributed by atoms with E-state index < -0.39 is 24.3 Å². The number of likely N-dealkylation sites (N-methyl/N-ethyl adjacent to an activating group) is 1. The predicted octanol–water partition coefficient (Wildman–Crippen LogP) is 26.7. The van der Waals surface area contributed by atoms with Gasteiger partial charge in [0.15, 0.2) is 12.4 Å². The first-order chi connectivity index (χ1) is 49.6. The van der Waals surface area contributed by atoms with Crippen molar-refractivity contribution in [3.05, 3.63) is 109 Å². The second kappa shape index (κ2) is 81.6. The molecule has 0 bridgehead atoms. The maximum absolute atomic E-state index is 13.0. The van der Waals surface area contributed by atoms with Crippen LogP contribution in [-0.2, 0) is 33.3 Å². The normalized spacial score (nSPS) is 13.2. The van der Waals surface area contributed by atoms with E-state index in [0.717, 1.165) is 103 Å². The lowest BCUT2D eigenvalue weighted by Gasteiger charge is -2.26. The molecule has 0 saturated carbocycles. The zero-order valence-electron chi connectivity index (χ0n) is 67.0. The molecule has 0 aliphatic carbocycles. The van der Waals surface area contributed by atoms with E-state index in [-0.39, 0.29) is 38.6 Å². The van der Waals surface area contributed by atoms with E-state index in [9.17, 15) is 19.5 Å². The third kappa shape index (κ3) is 83.1. The minimum absolute atomic E-state index is 0.142. The van der Waals surface area contributed by atoms with Gasteiger partial charge in [0.2, 0.25) is 0 Å². The van der Waals surface area contributed by atoms with Gasteiger partial charge in [-0.2, -0.15) is 0 Å². The number of allylic oxidation sites excluding steroid dienone is 18. The standard InChI is InChI=1S/C92H163NO8/c1-6-8-10-12-14-16-18-20-22-24-26-28-30-32-34-36-38-40-42-43-44-45-46-47-49-50-52-54-56-58-60-62-64-66-68-70-72-74-76-78-80-82-89(94)99-86-88(87-100-92(91(96)97)98-85-84-93(3,4)5)101-90(95)83-81-79-77-75-73-71-69-67-65-63-61-59-57-55-53-51-48-41-39-37-35-33-31-29-27-25-23-21-19-17-15-13-11-9-7-2/h9,11,15,17,21,23,27,29,33,35,39,41,51,53,57,59,63,65,88,92H,6-8,10,12-14,16,18-20,22,24-26,28,30-32,34,36-38,40,42-50,52,54-56,58,60-62,64,66-87H2,1-5H3/b11-9-,17-15-,23-21-,29-27-,35-33-,41-39-,53-51-,59-57-,65-63-. The summed E-state index contributed by atoms with van der Waals surface area (Å²) in [5, 5.41) is 11.9. The van der Waals surface area contributed by atoms with Crippen LogP contribution in [0.2, 0.25) is 0 Å². The number of carbonyl (C=O) groups is 3. The smallest absolute Gasteiger partial charge is 0.306 e. The number of carboxylic acid groups (broad SMARTS) is 1. The largest absolute Gasteiger partial charge is 0.545 e. The summed E-state index contributed by atoms with van der Waals surface area (Å²) in [4.78, 5) is 37.6. The zero-order chi connectivity index (χ0) is 73.2. The first-order valence-corrected chi connectivity index (χ1v) is 43.0. The average molecular weight is 1410 g/mol. The maximum Gasteiger partial charge on any atom is 0.306 e. The highest BCUT2D eigenvalue weighted by Gasteiger charge is 2.22. The summed E-state index contributed by atoms with van der Waals surface area (Å²) in [5.74, 6) is -2.29. The van der Waals surface area contributed by atoms with Crippen LogP contribution in [0.3, 0.4) is 0 Å². The number of ether oxygens (including phenoxy) is 4. The Kier molecular flexibility index (Phi) is 78.3. The van der Waals surface area contributed by atoms with Gasteiger partial charge < -0.3 is 33.3 Å². The van der Waals surface area contributed by atoms with Crippen molar-refractivity contribution in [3.8, 4) is 0 Å². The maximum atomic E-state index is 13.0. The molecule has 0 rings (SSSR count). The third-order valence-electron chi connectivity index (χ3n) is 19.0. The molecule has 0 spiro atoms. The van der Waals surface area contributed by atoms with Crippen LogP contribution in [0.5, 0.6) is 0 Å². The fraction of sp³-hybridized carbons (Fsp3) is 0.772. The summed E-state index contributed by atoms with van der Waals surface area (Å²) in [7, 11) is 5.94. The van der Waals surface area contributed by atoms with Gasteiger partial charge in [0.25, 0.3) is 0 Å². The second-order valence-corrected chi connectivity index (χ2v) is 30.1. The van der Waals surface area contributed by atoms with Crippen LogP contribution in [0.15, 0.2) is 109 Å². The van der Waals surface area contributed by atoms with E-state index in [1.165, 1.54) is 263 Å². The fourth-order valence-corrected chi connectivity index (χ4v) is 12.5. The van der Waals surface area contributed by atoms with E-state index in [4.69, 9.17) is 18.9 Å². The first-order valence-electron chi connectivity index (χ1n) is 43.0. The van der Waals surface area contributed by atoms with Crippen LogP contribution in [0.4, 0.5) is 0 Å². The van der Waals surface area contributed by atoms with Gasteiger partial charge in [-0.05, 0) is 83.5 Å². The Morgan fingerprint density at radius 3 is 0.842 bits per heavy atom. The zero-order valence-corrected chi connectivity index (χ0v) is 67.0. The minimum atomic E-state index is -1.63. The molecule has 101 heavy (non-hydrogen) atoms. The van der Waals surface area contributed by atoms with E-state index in [1.807, 2.05) is 21.1 Å². The van der Waals surface area contributed by atoms with Crippen LogP contribution in [0.25, 0.3) is 0 Å². The van der Waals surface area contributed by atoms with Crippen LogP contribution in [0.1, 0.15) is 399 Å². The number of aliphatic carboxylic acids is 1. The molecular formula is C92H163NO8. The second-order valence-electron chi connectivity index (χ2n) is 30.1. The van der Waals surface area contributed by atoms with E-state index in [2.05, 4.69) is 123 Å². The van der Waals surface area contributed by atoms with Crippen molar-refractivity contribution in [1.82, 2.24) is 0 Å². The number of carbonyl (C=O) groups excluding carboxylic acids is 3. The molecule has 2 unspecified atom stereocenters. The summed E-state index contributed by atoms with van der Waals surface area (Å²) >= 11 is 0. The van der Waals surface area contributed by atoms with Crippen LogP contribution < -0.4 is 5.11 Å². The van der Waals surface area contributed by atoms with E-state index in [1.54, 1.807) is 0 Å². The molecule has 0 N–H and O–H groups in total. The molecule has 0 aromatic rings. The SMILES string of the molecule is CC/C=C\C/C=C\C/C=C\C/C=C\C/C=C\C/C=C\C/C=C\C/C=C\C/C=C\CCCCCCCCCC(=O)OC(COC(=O)CCCCCCCCCCCCCCCCCCCCCCCCCCCCCCCCCCCCCCCCCCC)COC(OCC[N+](C)(C)C)C(=O)[O-]. The molecule has 0 fully saturated rings. The van der Waals surface area contributed by atoms with Crippen molar-refractivity contribution in [1.29, 1.82) is 0 Å².